The summed E-state index contributed by atoms with van der Waals surface area (Å²) in [5.41, 5.74) is 5.40. The third-order valence-corrected chi connectivity index (χ3v) is 1.87. The Bertz CT molecular complexity index is 280. The summed E-state index contributed by atoms with van der Waals surface area (Å²) in [7, 11) is 0. The molecule has 1 aromatic heterocycles. The van der Waals surface area contributed by atoms with Gasteiger partial charge in [0, 0.05) is 12.6 Å². The number of hydrogen-bond donors (Lipinski definition) is 2. The van der Waals surface area contributed by atoms with E-state index in [0.29, 0.717) is 12.5 Å². The minimum atomic E-state index is 0.605. The molecule has 0 aromatic carbocycles. The lowest BCUT2D eigenvalue weighted by atomic mass is 10.3. The standard InChI is InChI=1S/C10H18N4O/c1-2-15-10-7-9(13-8-14-10)12-6-4-3-5-11/h7-8H,2-6,11H2,1H3,(H,12,13,14). The number of unbranched alkanes of at least 4 members (excludes halogenated alkanes) is 1. The third kappa shape index (κ3) is 4.60. The molecule has 0 aliphatic rings. The van der Waals surface area contributed by atoms with Crippen LogP contribution in [0, 0.1) is 0 Å². The molecule has 0 atom stereocenters. The Morgan fingerprint density at radius 2 is 2.27 bits per heavy atom. The maximum atomic E-state index is 5.40. The summed E-state index contributed by atoms with van der Waals surface area (Å²) in [6.45, 7) is 4.15. The topological polar surface area (TPSA) is 73.1 Å². The molecule has 0 aliphatic carbocycles. The van der Waals surface area contributed by atoms with Crippen LogP contribution >= 0.6 is 0 Å². The molecule has 0 saturated heterocycles. The van der Waals surface area contributed by atoms with Gasteiger partial charge in [-0.3, -0.25) is 0 Å². The molecule has 0 bridgehead atoms. The maximum Gasteiger partial charge on any atom is 0.218 e. The Labute approximate surface area is 90.1 Å². The van der Waals surface area contributed by atoms with Crippen molar-refractivity contribution in [1.29, 1.82) is 0 Å². The van der Waals surface area contributed by atoms with Crippen molar-refractivity contribution in [3.8, 4) is 5.88 Å². The summed E-state index contributed by atoms with van der Waals surface area (Å²) in [6.07, 6.45) is 3.57. The molecule has 1 rings (SSSR count). The fraction of sp³-hybridized carbons (Fsp3) is 0.600. The summed E-state index contributed by atoms with van der Waals surface area (Å²) in [4.78, 5) is 8.07. The Kier molecular flexibility index (Phi) is 5.47. The van der Waals surface area contributed by atoms with E-state index in [0.717, 1.165) is 31.7 Å². The molecule has 0 saturated carbocycles. The number of ether oxygens (including phenoxy) is 1. The van der Waals surface area contributed by atoms with E-state index < -0.39 is 0 Å². The summed E-state index contributed by atoms with van der Waals surface area (Å²) < 4.78 is 5.26. The number of hydrogen-bond acceptors (Lipinski definition) is 5. The number of nitrogens with zero attached hydrogens (tertiary/aromatic N) is 2. The van der Waals surface area contributed by atoms with Crippen LogP contribution in [0.5, 0.6) is 5.88 Å². The van der Waals surface area contributed by atoms with Crippen molar-refractivity contribution in [2.24, 2.45) is 5.73 Å². The fourth-order valence-electron chi connectivity index (χ4n) is 1.15. The van der Waals surface area contributed by atoms with Crippen LogP contribution in [-0.4, -0.2) is 29.7 Å². The van der Waals surface area contributed by atoms with Crippen LogP contribution in [0.15, 0.2) is 12.4 Å². The maximum absolute atomic E-state index is 5.40. The summed E-state index contributed by atoms with van der Waals surface area (Å²) >= 11 is 0. The average molecular weight is 210 g/mol. The number of nitrogens with one attached hydrogen (secondary N) is 1. The van der Waals surface area contributed by atoms with Crippen LogP contribution < -0.4 is 15.8 Å². The second-order valence-electron chi connectivity index (χ2n) is 3.10. The van der Waals surface area contributed by atoms with E-state index in [4.69, 9.17) is 10.5 Å². The van der Waals surface area contributed by atoms with Gasteiger partial charge in [0.15, 0.2) is 0 Å². The van der Waals surface area contributed by atoms with Gasteiger partial charge in [0.1, 0.15) is 12.1 Å². The van der Waals surface area contributed by atoms with Crippen LogP contribution in [0.2, 0.25) is 0 Å². The largest absolute Gasteiger partial charge is 0.478 e. The molecule has 84 valence electrons. The minimum Gasteiger partial charge on any atom is -0.478 e. The van der Waals surface area contributed by atoms with Gasteiger partial charge in [-0.15, -0.1) is 0 Å². The lowest BCUT2D eigenvalue weighted by Crippen LogP contribution is -2.07. The minimum absolute atomic E-state index is 0.605. The molecule has 0 fully saturated rings. The highest BCUT2D eigenvalue weighted by Gasteiger charge is 1.97. The Hall–Kier alpha value is -1.36. The second kappa shape index (κ2) is 7.00. The van der Waals surface area contributed by atoms with Crippen LogP contribution in [0.25, 0.3) is 0 Å². The van der Waals surface area contributed by atoms with E-state index in [2.05, 4.69) is 15.3 Å². The van der Waals surface area contributed by atoms with E-state index in [-0.39, 0.29) is 0 Å². The van der Waals surface area contributed by atoms with E-state index in [1.807, 2.05) is 6.92 Å². The van der Waals surface area contributed by atoms with Crippen LogP contribution in [0.3, 0.4) is 0 Å². The van der Waals surface area contributed by atoms with E-state index in [9.17, 15) is 0 Å². The van der Waals surface area contributed by atoms with E-state index in [1.54, 1.807) is 6.07 Å². The highest BCUT2D eigenvalue weighted by atomic mass is 16.5. The van der Waals surface area contributed by atoms with Gasteiger partial charge < -0.3 is 15.8 Å². The van der Waals surface area contributed by atoms with Gasteiger partial charge in [-0.1, -0.05) is 0 Å². The van der Waals surface area contributed by atoms with Crippen molar-refractivity contribution < 1.29 is 4.74 Å². The van der Waals surface area contributed by atoms with Gasteiger partial charge in [-0.05, 0) is 26.3 Å². The zero-order valence-corrected chi connectivity index (χ0v) is 9.07. The first-order chi connectivity index (χ1) is 7.36. The lowest BCUT2D eigenvalue weighted by Gasteiger charge is -2.06. The van der Waals surface area contributed by atoms with Crippen molar-refractivity contribution in [2.75, 3.05) is 25.0 Å². The van der Waals surface area contributed by atoms with Gasteiger partial charge in [0.25, 0.3) is 0 Å². The van der Waals surface area contributed by atoms with Gasteiger partial charge in [0.05, 0.1) is 6.61 Å². The molecule has 3 N–H and O–H groups in total. The molecular formula is C10H18N4O. The van der Waals surface area contributed by atoms with Gasteiger partial charge in [0.2, 0.25) is 5.88 Å². The molecular weight excluding hydrogens is 192 g/mol. The number of anilines is 1. The quantitative estimate of drug-likeness (QED) is 0.657. The number of nitrogens with two attached hydrogens (primary N) is 1. The highest BCUT2D eigenvalue weighted by molar-refractivity contribution is 5.36. The molecule has 0 aliphatic heterocycles. The van der Waals surface area contributed by atoms with E-state index in [1.165, 1.54) is 6.33 Å². The van der Waals surface area contributed by atoms with Crippen molar-refractivity contribution in [1.82, 2.24) is 9.97 Å². The Balaban J connectivity index is 2.36. The molecule has 0 radical (unpaired) electrons. The molecule has 1 aromatic rings. The van der Waals surface area contributed by atoms with Crippen molar-refractivity contribution in [2.45, 2.75) is 19.8 Å². The highest BCUT2D eigenvalue weighted by Crippen LogP contribution is 2.10. The second-order valence-corrected chi connectivity index (χ2v) is 3.10. The predicted molar refractivity (Wildman–Crippen MR) is 60.0 cm³/mol. The molecule has 0 unspecified atom stereocenters. The van der Waals surface area contributed by atoms with Crippen LogP contribution in [0.4, 0.5) is 5.82 Å². The predicted octanol–water partition coefficient (Wildman–Crippen LogP) is 1.03. The first-order valence-corrected chi connectivity index (χ1v) is 5.25. The monoisotopic (exact) mass is 210 g/mol. The third-order valence-electron chi connectivity index (χ3n) is 1.87. The molecule has 0 spiro atoms. The Morgan fingerprint density at radius 3 is 3.00 bits per heavy atom. The number of aromatic nitrogens is 2. The van der Waals surface area contributed by atoms with Crippen LogP contribution in [0.1, 0.15) is 19.8 Å². The summed E-state index contributed by atoms with van der Waals surface area (Å²) in [5, 5.41) is 3.19. The van der Waals surface area contributed by atoms with E-state index >= 15 is 0 Å². The molecule has 1 heterocycles. The number of rotatable bonds is 7. The molecule has 5 nitrogen and oxygen atoms in total. The van der Waals surface area contributed by atoms with Crippen molar-refractivity contribution in [3.05, 3.63) is 12.4 Å². The van der Waals surface area contributed by atoms with Crippen molar-refractivity contribution in [3.63, 3.8) is 0 Å². The average Bonchev–Trinajstić information content (AvgIpc) is 2.26. The van der Waals surface area contributed by atoms with Gasteiger partial charge in [-0.2, -0.15) is 0 Å². The molecule has 15 heavy (non-hydrogen) atoms. The summed E-state index contributed by atoms with van der Waals surface area (Å²) in [5.74, 6) is 1.40. The zero-order chi connectivity index (χ0) is 10.9. The smallest absolute Gasteiger partial charge is 0.218 e. The molecule has 0 amide bonds. The van der Waals surface area contributed by atoms with Gasteiger partial charge in [-0.25, -0.2) is 9.97 Å². The molecule has 5 heteroatoms. The Morgan fingerprint density at radius 1 is 1.40 bits per heavy atom. The fourth-order valence-corrected chi connectivity index (χ4v) is 1.15. The van der Waals surface area contributed by atoms with Gasteiger partial charge >= 0.3 is 0 Å². The lowest BCUT2D eigenvalue weighted by molar-refractivity contribution is 0.326. The van der Waals surface area contributed by atoms with Crippen molar-refractivity contribution >= 4 is 5.82 Å². The summed E-state index contributed by atoms with van der Waals surface area (Å²) in [6, 6.07) is 1.80. The first-order valence-electron chi connectivity index (χ1n) is 5.25. The first kappa shape index (κ1) is 11.7. The zero-order valence-electron chi connectivity index (χ0n) is 9.07. The van der Waals surface area contributed by atoms with Crippen LogP contribution in [-0.2, 0) is 0 Å². The SMILES string of the molecule is CCOc1cc(NCCCCN)ncn1. The normalized spacial score (nSPS) is 10.0.